The van der Waals surface area contributed by atoms with Gasteiger partial charge >= 0.3 is 5.97 Å². The van der Waals surface area contributed by atoms with Gasteiger partial charge in [0.1, 0.15) is 17.1 Å². The van der Waals surface area contributed by atoms with Gasteiger partial charge in [0.05, 0.1) is 18.2 Å². The maximum Gasteiger partial charge on any atom is 0.338 e. The van der Waals surface area contributed by atoms with Crippen molar-refractivity contribution in [1.29, 1.82) is 5.26 Å². The Morgan fingerprint density at radius 1 is 1.09 bits per heavy atom. The number of unbranched alkanes of at least 4 members (excludes halogenated alkanes) is 2. The van der Waals surface area contributed by atoms with Gasteiger partial charge in [0.2, 0.25) is 5.70 Å². The Balaban J connectivity index is 1.89. The fourth-order valence-electron chi connectivity index (χ4n) is 4.55. The number of nitriles is 1. The number of carbonyl (C=O) groups excluding carboxylic acids is 1. The third kappa shape index (κ3) is 8.60. The van der Waals surface area contributed by atoms with Crippen LogP contribution >= 0.6 is 11.3 Å². The smallest absolute Gasteiger partial charge is 0.338 e. The minimum absolute atomic E-state index is 0.349. The van der Waals surface area contributed by atoms with E-state index in [1.807, 2.05) is 62.4 Å². The lowest BCUT2D eigenvalue weighted by Crippen LogP contribution is -2.25. The summed E-state index contributed by atoms with van der Waals surface area (Å²) in [5.74, 6) is 0.416. The highest BCUT2D eigenvalue weighted by molar-refractivity contribution is 7.13. The first kappa shape index (κ1) is 33.2. The molecule has 3 rings (SSSR count). The van der Waals surface area contributed by atoms with Crippen molar-refractivity contribution in [3.05, 3.63) is 97.9 Å². The molecule has 1 aliphatic rings. The van der Waals surface area contributed by atoms with Gasteiger partial charge < -0.3 is 14.4 Å². The lowest BCUT2D eigenvalue weighted by Gasteiger charge is -2.25. The monoisotopic (exact) mass is 595 g/mol. The van der Waals surface area contributed by atoms with E-state index < -0.39 is 11.6 Å². The Morgan fingerprint density at radius 3 is 2.28 bits per heavy atom. The zero-order valence-corrected chi connectivity index (χ0v) is 26.9. The topological polar surface area (TPSA) is 66.9 Å². The summed E-state index contributed by atoms with van der Waals surface area (Å²) in [4.78, 5) is 20.6. The van der Waals surface area contributed by atoms with Crippen LogP contribution in [-0.2, 0) is 9.53 Å². The first-order chi connectivity index (χ1) is 20.5. The van der Waals surface area contributed by atoms with Crippen LogP contribution in [-0.4, -0.2) is 24.7 Å². The first-order valence-electron chi connectivity index (χ1n) is 14.7. The van der Waals surface area contributed by atoms with E-state index in [0.29, 0.717) is 28.4 Å². The largest absolute Gasteiger partial charge is 0.494 e. The lowest BCUT2D eigenvalue weighted by atomic mass is 9.97. The highest BCUT2D eigenvalue weighted by atomic mass is 32.1. The number of hydrogen-bond donors (Lipinski definition) is 0. The molecule has 2 aromatic rings. The van der Waals surface area contributed by atoms with Gasteiger partial charge in [-0.3, -0.25) is 0 Å². The van der Waals surface area contributed by atoms with Gasteiger partial charge in [-0.1, -0.05) is 39.3 Å². The van der Waals surface area contributed by atoms with Gasteiger partial charge in [0.15, 0.2) is 0 Å². The second-order valence-electron chi connectivity index (χ2n) is 11.0. The molecule has 7 heteroatoms. The van der Waals surface area contributed by atoms with E-state index in [1.54, 1.807) is 25.2 Å². The highest BCUT2D eigenvalue weighted by Crippen LogP contribution is 2.41. The molecule has 0 aliphatic carbocycles. The van der Waals surface area contributed by atoms with Crippen LogP contribution in [0.5, 0.6) is 5.75 Å². The van der Waals surface area contributed by atoms with Crippen LogP contribution in [0.1, 0.15) is 82.5 Å². The van der Waals surface area contributed by atoms with Gasteiger partial charge in [-0.05, 0) is 83.0 Å². The molecule has 0 amide bonds. The second kappa shape index (κ2) is 15.2. The quantitative estimate of drug-likeness (QED) is 0.0758. The first-order valence-corrected chi connectivity index (χ1v) is 15.5. The molecule has 224 valence electrons. The number of esters is 1. The summed E-state index contributed by atoms with van der Waals surface area (Å²) in [6.07, 6.45) is 12.3. The van der Waals surface area contributed by atoms with Crippen LogP contribution < -0.4 is 9.64 Å². The predicted octanol–water partition coefficient (Wildman–Crippen LogP) is 9.60. The van der Waals surface area contributed by atoms with Crippen LogP contribution in [0.3, 0.4) is 0 Å². The van der Waals surface area contributed by atoms with Gasteiger partial charge in [-0.2, -0.15) is 5.26 Å². The zero-order chi connectivity index (χ0) is 31.6. The van der Waals surface area contributed by atoms with Crippen LogP contribution in [0, 0.1) is 17.9 Å². The summed E-state index contributed by atoms with van der Waals surface area (Å²) in [6.45, 7) is 24.8. The fourth-order valence-corrected chi connectivity index (χ4v) is 5.36. The molecule has 0 atom stereocenters. The number of anilines is 1. The highest BCUT2D eigenvalue weighted by Gasteiger charge is 2.37. The second-order valence-corrected chi connectivity index (χ2v) is 12.2. The number of allylic oxidation sites excluding steroid dienone is 1. The van der Waals surface area contributed by atoms with Crippen LogP contribution in [0.4, 0.5) is 5.69 Å². The summed E-state index contributed by atoms with van der Waals surface area (Å²) in [5, 5.41) is 9.33. The van der Waals surface area contributed by atoms with E-state index in [9.17, 15) is 10.1 Å². The van der Waals surface area contributed by atoms with E-state index in [2.05, 4.69) is 42.3 Å². The molecule has 1 aromatic heterocycles. The lowest BCUT2D eigenvalue weighted by molar-refractivity contribution is -0.130. The van der Waals surface area contributed by atoms with E-state index in [0.717, 1.165) is 65.4 Å². The Hall–Kier alpha value is -4.33. The minimum Gasteiger partial charge on any atom is -0.494 e. The van der Waals surface area contributed by atoms with E-state index >= 15 is 0 Å². The number of nitrogens with zero attached hydrogens (tertiary/aromatic N) is 3. The zero-order valence-electron chi connectivity index (χ0n) is 26.1. The normalized spacial score (nSPS) is 15.3. The minimum atomic E-state index is -0.712. The summed E-state index contributed by atoms with van der Waals surface area (Å²) in [5.41, 5.74) is 2.99. The van der Waals surface area contributed by atoms with Crippen LogP contribution in [0.15, 0.2) is 71.2 Å². The van der Waals surface area contributed by atoms with Crippen molar-refractivity contribution in [2.24, 2.45) is 0 Å². The van der Waals surface area contributed by atoms with Crippen molar-refractivity contribution >= 4 is 41.2 Å². The molecule has 0 radical (unpaired) electrons. The molecule has 0 spiro atoms. The van der Waals surface area contributed by atoms with Crippen molar-refractivity contribution in [3.63, 3.8) is 0 Å². The molecule has 0 bridgehead atoms. The summed E-state index contributed by atoms with van der Waals surface area (Å²) >= 11 is 1.60. The Labute approximate surface area is 260 Å². The summed E-state index contributed by atoms with van der Waals surface area (Å²) in [7, 11) is 0. The van der Waals surface area contributed by atoms with Crippen molar-refractivity contribution in [2.75, 3.05) is 18.0 Å². The number of ether oxygens (including phenoxy) is 2. The van der Waals surface area contributed by atoms with E-state index in [-0.39, 0.29) is 0 Å². The molecule has 0 fully saturated rings. The molecule has 43 heavy (non-hydrogen) atoms. The van der Waals surface area contributed by atoms with Gasteiger partial charge in [0.25, 0.3) is 0 Å². The molecule has 0 N–H and O–H groups in total. The van der Waals surface area contributed by atoms with Gasteiger partial charge in [0, 0.05) is 51.3 Å². The molecular formula is C36H41N3O3S. The number of rotatable bonds is 13. The number of hydrogen-bond acceptors (Lipinski definition) is 6. The van der Waals surface area contributed by atoms with Crippen LogP contribution in [0.25, 0.3) is 23.1 Å². The molecule has 2 heterocycles. The fraction of sp³-hybridized carbons (Fsp3) is 0.361. The molecule has 1 aromatic carbocycles. The van der Waals surface area contributed by atoms with Gasteiger partial charge in [-0.15, -0.1) is 11.3 Å². The third-order valence-electron chi connectivity index (χ3n) is 7.06. The number of thiophene rings is 1. The average molecular weight is 596 g/mol. The SMILES string of the molecule is [C-]#[N+]C1=C(/C=C/c2ccc(/C=C/c3ccc(N(CCCC)CCCC)cc3OC(=O)C(=C)C)s2)C(C)(C)O/C1=C(\C)C#N. The standard InChI is InChI=1S/C36H41N3O3S/c1-9-11-21-39(22-12-10-2)28-15-13-27(32(23-28)41-35(40)25(3)4)14-16-29-17-18-30(43-29)19-20-31-33(38-8)34(26(5)24-37)42-36(31,6)7/h13-20,23H,3,9-12,21-22H2,1-2,4-7H3/b16-14+,20-19+,34-26+. The molecule has 0 unspecified atom stereocenters. The third-order valence-corrected chi connectivity index (χ3v) is 8.08. The maximum atomic E-state index is 12.5. The predicted molar refractivity (Wildman–Crippen MR) is 178 cm³/mol. The summed E-state index contributed by atoms with van der Waals surface area (Å²) < 4.78 is 11.8. The Morgan fingerprint density at radius 2 is 1.72 bits per heavy atom. The number of benzene rings is 1. The molecule has 0 saturated carbocycles. The Kier molecular flexibility index (Phi) is 11.8. The molecule has 6 nitrogen and oxygen atoms in total. The summed E-state index contributed by atoms with van der Waals surface area (Å²) in [6, 6.07) is 12.2. The average Bonchev–Trinajstić information content (AvgIpc) is 3.55. The van der Waals surface area contributed by atoms with Crippen molar-refractivity contribution in [3.8, 4) is 11.8 Å². The molecule has 0 saturated heterocycles. The van der Waals surface area contributed by atoms with Crippen molar-refractivity contribution < 1.29 is 14.3 Å². The molecular weight excluding hydrogens is 554 g/mol. The van der Waals surface area contributed by atoms with Gasteiger partial charge in [-0.25, -0.2) is 9.64 Å². The van der Waals surface area contributed by atoms with E-state index in [4.69, 9.17) is 16.0 Å². The Bertz CT molecular complexity index is 1550. The van der Waals surface area contributed by atoms with E-state index in [1.165, 1.54) is 0 Å². The van der Waals surface area contributed by atoms with Crippen molar-refractivity contribution in [2.45, 2.75) is 72.8 Å². The van der Waals surface area contributed by atoms with Crippen molar-refractivity contribution in [1.82, 2.24) is 0 Å². The number of carbonyl (C=O) groups is 1. The van der Waals surface area contributed by atoms with Crippen LogP contribution in [0.2, 0.25) is 0 Å². The maximum absolute atomic E-state index is 12.5. The molecule has 1 aliphatic heterocycles.